The van der Waals surface area contributed by atoms with Gasteiger partial charge in [0.15, 0.2) is 0 Å². The van der Waals surface area contributed by atoms with Crippen molar-refractivity contribution in [2.45, 2.75) is 77.6 Å². The fourth-order valence-electron chi connectivity index (χ4n) is 4.84. The predicted octanol–water partition coefficient (Wildman–Crippen LogP) is 3.24. The molecule has 2 N–H and O–H groups in total. The number of carbonyl (C=O) groups is 3. The first-order valence-corrected chi connectivity index (χ1v) is 11.0. The van der Waals surface area contributed by atoms with Crippen molar-refractivity contribution in [2.75, 3.05) is 0 Å². The fraction of sp³-hybridized carbons (Fsp3) is 0.542. The Kier molecular flexibility index (Phi) is 5.31. The number of carbonyl (C=O) groups excluding carboxylic acids is 3. The van der Waals surface area contributed by atoms with Gasteiger partial charge in [-0.2, -0.15) is 0 Å². The normalized spacial score (nSPS) is 23.5. The predicted molar refractivity (Wildman–Crippen MR) is 117 cm³/mol. The van der Waals surface area contributed by atoms with Crippen LogP contribution in [0.15, 0.2) is 24.3 Å². The lowest BCUT2D eigenvalue weighted by Gasteiger charge is -2.47. The van der Waals surface area contributed by atoms with Crippen LogP contribution >= 0.6 is 0 Å². The van der Waals surface area contributed by atoms with Crippen LogP contribution < -0.4 is 5.32 Å². The highest BCUT2D eigenvalue weighted by Gasteiger charge is 2.49. The van der Waals surface area contributed by atoms with Gasteiger partial charge < -0.3 is 19.9 Å². The number of amides is 2. The number of piperazine rings is 1. The molecule has 4 rings (SSSR count). The van der Waals surface area contributed by atoms with Crippen LogP contribution in [0.2, 0.25) is 0 Å². The van der Waals surface area contributed by atoms with E-state index in [1.807, 2.05) is 39.0 Å². The largest absolute Gasteiger partial charge is 0.460 e. The monoisotopic (exact) mass is 425 g/mol. The van der Waals surface area contributed by atoms with E-state index >= 15 is 0 Å². The molecule has 2 aromatic rings. The number of para-hydroxylation sites is 1. The number of ether oxygens (including phenoxy) is 1. The maximum atomic E-state index is 13.5. The van der Waals surface area contributed by atoms with Crippen LogP contribution in [0.3, 0.4) is 0 Å². The quantitative estimate of drug-likeness (QED) is 0.736. The van der Waals surface area contributed by atoms with Gasteiger partial charge in [-0.1, -0.05) is 32.0 Å². The van der Waals surface area contributed by atoms with E-state index in [0.717, 1.165) is 22.2 Å². The third kappa shape index (κ3) is 3.93. The molecule has 1 unspecified atom stereocenters. The summed E-state index contributed by atoms with van der Waals surface area (Å²) >= 11 is 0. The number of benzene rings is 1. The average molecular weight is 426 g/mol. The Bertz CT molecular complexity index is 1030. The lowest BCUT2D eigenvalue weighted by atomic mass is 9.84. The standard InChI is InChI=1S/C24H31N3O4/c1-13(2)21-20-15(14-8-6-7-9-16(14)25-20)12-18-22(29)26-17(23(30)27(18)21)10-11-19(28)31-24(3,4)5/h6-9,13,17-18,21,25H,10-12H2,1-5H3,(H,26,29)/t17?,18-,21+/m0/s1. The van der Waals surface area contributed by atoms with E-state index < -0.39 is 17.7 Å². The number of H-pyrrole nitrogens is 1. The topological polar surface area (TPSA) is 91.5 Å². The summed E-state index contributed by atoms with van der Waals surface area (Å²) in [6, 6.07) is 6.58. The van der Waals surface area contributed by atoms with Crippen LogP contribution in [0.4, 0.5) is 0 Å². The lowest BCUT2D eigenvalue weighted by Crippen LogP contribution is -2.66. The second-order valence-corrected chi connectivity index (χ2v) is 9.90. The number of nitrogens with one attached hydrogen (secondary N) is 2. The van der Waals surface area contributed by atoms with E-state index in [9.17, 15) is 14.4 Å². The Balaban J connectivity index is 1.62. The molecule has 1 fully saturated rings. The van der Waals surface area contributed by atoms with Crippen molar-refractivity contribution in [2.24, 2.45) is 5.92 Å². The van der Waals surface area contributed by atoms with Crippen molar-refractivity contribution >= 4 is 28.7 Å². The molecule has 0 radical (unpaired) electrons. The number of aromatic nitrogens is 1. The number of aromatic amines is 1. The Morgan fingerprint density at radius 2 is 1.94 bits per heavy atom. The van der Waals surface area contributed by atoms with Gasteiger partial charge in [0.2, 0.25) is 11.8 Å². The van der Waals surface area contributed by atoms with E-state index in [0.29, 0.717) is 6.42 Å². The van der Waals surface area contributed by atoms with Crippen LogP contribution in [0.25, 0.3) is 10.9 Å². The van der Waals surface area contributed by atoms with Gasteiger partial charge in [-0.15, -0.1) is 0 Å². The van der Waals surface area contributed by atoms with Crippen LogP contribution in [0.1, 0.15) is 64.8 Å². The van der Waals surface area contributed by atoms with Gasteiger partial charge in [-0.3, -0.25) is 14.4 Å². The first kappa shape index (κ1) is 21.4. The van der Waals surface area contributed by atoms with Gasteiger partial charge in [0.25, 0.3) is 0 Å². The smallest absolute Gasteiger partial charge is 0.306 e. The highest BCUT2D eigenvalue weighted by Crippen LogP contribution is 2.42. The molecule has 2 aliphatic rings. The van der Waals surface area contributed by atoms with Crippen LogP contribution in [0, 0.1) is 5.92 Å². The summed E-state index contributed by atoms with van der Waals surface area (Å²) in [6.45, 7) is 9.56. The molecule has 2 aliphatic heterocycles. The molecule has 1 aromatic carbocycles. The highest BCUT2D eigenvalue weighted by atomic mass is 16.6. The molecule has 0 saturated carbocycles. The second-order valence-electron chi connectivity index (χ2n) is 9.90. The van der Waals surface area contributed by atoms with E-state index in [1.165, 1.54) is 0 Å². The zero-order chi connectivity index (χ0) is 22.5. The van der Waals surface area contributed by atoms with Gasteiger partial charge in [-0.25, -0.2) is 0 Å². The highest BCUT2D eigenvalue weighted by molar-refractivity contribution is 5.99. The molecule has 7 nitrogen and oxygen atoms in total. The second kappa shape index (κ2) is 7.70. The molecular weight excluding hydrogens is 394 g/mol. The minimum Gasteiger partial charge on any atom is -0.460 e. The van der Waals surface area contributed by atoms with Crippen LogP contribution in [-0.4, -0.2) is 45.4 Å². The average Bonchev–Trinajstić information content (AvgIpc) is 3.04. The van der Waals surface area contributed by atoms with Crippen molar-refractivity contribution in [3.8, 4) is 0 Å². The molecule has 2 amide bonds. The summed E-state index contributed by atoms with van der Waals surface area (Å²) in [5.41, 5.74) is 2.57. The number of hydrogen-bond donors (Lipinski definition) is 2. The summed E-state index contributed by atoms with van der Waals surface area (Å²) in [7, 11) is 0. The summed E-state index contributed by atoms with van der Waals surface area (Å²) in [6.07, 6.45) is 0.794. The summed E-state index contributed by atoms with van der Waals surface area (Å²) in [5.74, 6) is -0.531. The zero-order valence-corrected chi connectivity index (χ0v) is 18.8. The first-order valence-electron chi connectivity index (χ1n) is 11.0. The first-order chi connectivity index (χ1) is 14.6. The Labute approximate surface area is 182 Å². The lowest BCUT2D eigenvalue weighted by molar-refractivity contribution is -0.158. The van der Waals surface area contributed by atoms with Gasteiger partial charge in [0, 0.05) is 29.4 Å². The molecule has 3 atom stereocenters. The third-order valence-corrected chi connectivity index (χ3v) is 6.04. The number of nitrogens with zero attached hydrogens (tertiary/aromatic N) is 1. The van der Waals surface area contributed by atoms with Gasteiger partial charge in [-0.05, 0) is 44.7 Å². The van der Waals surface area contributed by atoms with Gasteiger partial charge in [0.05, 0.1) is 6.04 Å². The van der Waals surface area contributed by atoms with Crippen molar-refractivity contribution in [1.29, 1.82) is 0 Å². The fourth-order valence-corrected chi connectivity index (χ4v) is 4.84. The maximum absolute atomic E-state index is 13.5. The number of hydrogen-bond acceptors (Lipinski definition) is 4. The molecule has 3 heterocycles. The zero-order valence-electron chi connectivity index (χ0n) is 18.8. The Morgan fingerprint density at radius 1 is 1.23 bits per heavy atom. The van der Waals surface area contributed by atoms with E-state index in [1.54, 1.807) is 4.90 Å². The number of fused-ring (bicyclic) bond motifs is 4. The van der Waals surface area contributed by atoms with Crippen molar-refractivity contribution in [3.05, 3.63) is 35.5 Å². The van der Waals surface area contributed by atoms with Crippen molar-refractivity contribution < 1.29 is 19.1 Å². The van der Waals surface area contributed by atoms with Crippen LogP contribution in [-0.2, 0) is 25.5 Å². The molecular formula is C24H31N3O4. The molecule has 0 aliphatic carbocycles. The van der Waals surface area contributed by atoms with Crippen molar-refractivity contribution in [1.82, 2.24) is 15.2 Å². The van der Waals surface area contributed by atoms with E-state index in [4.69, 9.17) is 4.74 Å². The van der Waals surface area contributed by atoms with E-state index in [-0.39, 0.29) is 42.6 Å². The molecule has 1 aromatic heterocycles. The minimum absolute atomic E-state index is 0.0798. The summed E-state index contributed by atoms with van der Waals surface area (Å²) in [4.78, 5) is 44.0. The molecule has 0 bridgehead atoms. The van der Waals surface area contributed by atoms with Crippen molar-refractivity contribution in [3.63, 3.8) is 0 Å². The Morgan fingerprint density at radius 3 is 2.61 bits per heavy atom. The number of esters is 1. The van der Waals surface area contributed by atoms with E-state index in [2.05, 4.69) is 30.2 Å². The molecule has 1 saturated heterocycles. The minimum atomic E-state index is -0.719. The SMILES string of the molecule is CC(C)[C@@H]1c2[nH]c3ccccc3c2C[C@H]2C(=O)NC(CCC(=O)OC(C)(C)C)C(=O)N21. The molecule has 0 spiro atoms. The summed E-state index contributed by atoms with van der Waals surface area (Å²) < 4.78 is 5.36. The summed E-state index contributed by atoms with van der Waals surface area (Å²) in [5, 5.41) is 3.97. The molecule has 166 valence electrons. The molecule has 7 heteroatoms. The molecule has 31 heavy (non-hydrogen) atoms. The van der Waals surface area contributed by atoms with Gasteiger partial charge in [0.1, 0.15) is 17.7 Å². The maximum Gasteiger partial charge on any atom is 0.306 e. The number of rotatable bonds is 4. The van der Waals surface area contributed by atoms with Gasteiger partial charge >= 0.3 is 5.97 Å². The third-order valence-electron chi connectivity index (χ3n) is 6.04. The Hall–Kier alpha value is -2.83. The van der Waals surface area contributed by atoms with Crippen LogP contribution in [0.5, 0.6) is 0 Å².